The fourth-order valence-corrected chi connectivity index (χ4v) is 0.767. The van der Waals surface area contributed by atoms with Gasteiger partial charge in [0, 0.05) is 6.42 Å². The quantitative estimate of drug-likeness (QED) is 0.563. The first-order chi connectivity index (χ1) is 3.98. The Hall–Kier alpha value is -0.240. The van der Waals surface area contributed by atoms with Gasteiger partial charge in [0.05, 0.1) is 0 Å². The van der Waals surface area contributed by atoms with Gasteiger partial charge >= 0.3 is 0 Å². The molecule has 0 amide bonds. The molecule has 0 aromatic rings. The van der Waals surface area contributed by atoms with E-state index in [9.17, 15) is 4.79 Å². The van der Waals surface area contributed by atoms with Gasteiger partial charge < -0.3 is 0 Å². The second kappa shape index (κ2) is 3.06. The van der Waals surface area contributed by atoms with Crippen molar-refractivity contribution in [2.24, 2.45) is 5.41 Å². The van der Waals surface area contributed by atoms with Crippen LogP contribution in [-0.2, 0) is 4.79 Å². The molecular weight excluding hydrogens is 132 g/mol. The van der Waals surface area contributed by atoms with Crippen molar-refractivity contribution >= 4 is 23.4 Å². The van der Waals surface area contributed by atoms with Crippen LogP contribution in [0.5, 0.6) is 0 Å². The largest absolute Gasteiger partial charge is 0.300 e. The molecule has 0 aromatic heterocycles. The second-order valence-corrected chi connectivity index (χ2v) is 3.22. The molecule has 0 heterocycles. The summed E-state index contributed by atoms with van der Waals surface area (Å²) in [6.45, 7) is 5.50. The Kier molecular flexibility index (Phi) is 2.98. The number of hydrogen-bond donors (Lipinski definition) is 0. The zero-order valence-electron chi connectivity index (χ0n) is 6.10. The van der Waals surface area contributed by atoms with E-state index >= 15 is 0 Å². The van der Waals surface area contributed by atoms with Crippen molar-refractivity contribution in [2.75, 3.05) is 0 Å². The van der Waals surface area contributed by atoms with Crippen molar-refractivity contribution in [3.8, 4) is 0 Å². The van der Waals surface area contributed by atoms with Gasteiger partial charge in [0.2, 0.25) is 0 Å². The van der Waals surface area contributed by atoms with Gasteiger partial charge in [-0.1, -0.05) is 26.1 Å². The Labute approximate surface area is 61.4 Å². The third-order valence-corrected chi connectivity index (χ3v) is 1.66. The molecule has 1 nitrogen and oxygen atoms in total. The molecule has 0 radical (unpaired) electrons. The first kappa shape index (κ1) is 8.76. The zero-order valence-corrected chi connectivity index (χ0v) is 6.92. The minimum Gasteiger partial charge on any atom is -0.300 e. The number of Topliss-reactive ketones (excluding diaryl/α,β-unsaturated/α-hetero) is 1. The molecule has 0 aliphatic carbocycles. The molecule has 0 bridgehead atoms. The molecule has 0 aliphatic heterocycles. The lowest BCUT2D eigenvalue weighted by molar-refractivity contribution is -0.118. The Balaban J connectivity index is 3.86. The minimum atomic E-state index is -0.0961. The lowest BCUT2D eigenvalue weighted by atomic mass is 9.90. The number of thiocarbonyl (C=S) groups is 1. The van der Waals surface area contributed by atoms with Gasteiger partial charge in [0.15, 0.2) is 0 Å². The molecule has 0 aromatic carbocycles. The van der Waals surface area contributed by atoms with Gasteiger partial charge in [-0.15, -0.1) is 0 Å². The third kappa shape index (κ3) is 4.28. The first-order valence-electron chi connectivity index (χ1n) is 2.94. The van der Waals surface area contributed by atoms with Crippen LogP contribution in [-0.4, -0.2) is 11.2 Å². The Morgan fingerprint density at radius 3 is 2.22 bits per heavy atom. The summed E-state index contributed by atoms with van der Waals surface area (Å²) in [5, 5.41) is 1.65. The number of hydrogen-bond acceptors (Lipinski definition) is 2. The SMILES string of the molecule is CC(=O)CC(C)(C)C=S. The fraction of sp³-hybridized carbons (Fsp3) is 0.714. The molecular formula is C7H12OS. The molecule has 0 saturated carbocycles. The highest BCUT2D eigenvalue weighted by Gasteiger charge is 2.15. The second-order valence-electron chi connectivity index (χ2n) is 2.99. The van der Waals surface area contributed by atoms with Crippen molar-refractivity contribution in [1.29, 1.82) is 0 Å². The Bertz CT molecular complexity index is 127. The number of carbonyl (C=O) groups is 1. The van der Waals surface area contributed by atoms with Gasteiger partial charge in [0.25, 0.3) is 0 Å². The molecule has 0 rings (SSSR count). The monoisotopic (exact) mass is 144 g/mol. The van der Waals surface area contributed by atoms with Crippen LogP contribution in [0.2, 0.25) is 0 Å². The van der Waals surface area contributed by atoms with Crippen LogP contribution >= 0.6 is 12.2 Å². The number of carbonyl (C=O) groups excluding carboxylic acids is 1. The van der Waals surface area contributed by atoms with Crippen molar-refractivity contribution in [1.82, 2.24) is 0 Å². The van der Waals surface area contributed by atoms with E-state index in [0.717, 1.165) is 0 Å². The van der Waals surface area contributed by atoms with Crippen LogP contribution in [0.4, 0.5) is 0 Å². The highest BCUT2D eigenvalue weighted by Crippen LogP contribution is 2.16. The van der Waals surface area contributed by atoms with E-state index < -0.39 is 0 Å². The van der Waals surface area contributed by atoms with Gasteiger partial charge in [-0.25, -0.2) is 0 Å². The summed E-state index contributed by atoms with van der Waals surface area (Å²) in [6.07, 6.45) is 0.552. The average Bonchev–Trinajstić information content (AvgIpc) is 1.63. The summed E-state index contributed by atoms with van der Waals surface area (Å²) in [5.74, 6) is 0.195. The van der Waals surface area contributed by atoms with Crippen molar-refractivity contribution in [3.05, 3.63) is 0 Å². The maximum Gasteiger partial charge on any atom is 0.130 e. The van der Waals surface area contributed by atoms with Crippen molar-refractivity contribution in [2.45, 2.75) is 27.2 Å². The smallest absolute Gasteiger partial charge is 0.130 e. The summed E-state index contributed by atoms with van der Waals surface area (Å²) in [7, 11) is 0. The predicted molar refractivity (Wildman–Crippen MR) is 42.7 cm³/mol. The topological polar surface area (TPSA) is 17.1 Å². The zero-order chi connectivity index (χ0) is 7.49. The molecule has 0 spiro atoms. The first-order valence-corrected chi connectivity index (χ1v) is 3.41. The van der Waals surface area contributed by atoms with E-state index in [1.807, 2.05) is 13.8 Å². The summed E-state index contributed by atoms with van der Waals surface area (Å²) in [5.41, 5.74) is -0.0961. The molecule has 9 heavy (non-hydrogen) atoms. The summed E-state index contributed by atoms with van der Waals surface area (Å²) < 4.78 is 0. The van der Waals surface area contributed by atoms with Crippen LogP contribution in [0.15, 0.2) is 0 Å². The fourth-order valence-electron chi connectivity index (χ4n) is 0.683. The molecule has 52 valence electrons. The van der Waals surface area contributed by atoms with Crippen LogP contribution in [0.3, 0.4) is 0 Å². The van der Waals surface area contributed by atoms with Gasteiger partial charge in [0.1, 0.15) is 5.78 Å². The minimum absolute atomic E-state index is 0.0961. The van der Waals surface area contributed by atoms with Crippen LogP contribution in [0, 0.1) is 5.41 Å². The van der Waals surface area contributed by atoms with Gasteiger partial charge in [-0.05, 0) is 17.7 Å². The third-order valence-electron chi connectivity index (χ3n) is 1.02. The van der Waals surface area contributed by atoms with Crippen molar-refractivity contribution < 1.29 is 4.79 Å². The number of ketones is 1. The molecule has 0 saturated heterocycles. The van der Waals surface area contributed by atoms with E-state index in [-0.39, 0.29) is 11.2 Å². The Morgan fingerprint density at radius 2 is 2.11 bits per heavy atom. The van der Waals surface area contributed by atoms with E-state index in [4.69, 9.17) is 12.2 Å². The summed E-state index contributed by atoms with van der Waals surface area (Å²) in [4.78, 5) is 10.6. The Morgan fingerprint density at radius 1 is 1.67 bits per heavy atom. The molecule has 0 N–H and O–H groups in total. The summed E-state index contributed by atoms with van der Waals surface area (Å²) >= 11 is 4.73. The van der Waals surface area contributed by atoms with Crippen LogP contribution in [0.1, 0.15) is 27.2 Å². The summed E-state index contributed by atoms with van der Waals surface area (Å²) in [6, 6.07) is 0. The van der Waals surface area contributed by atoms with Crippen LogP contribution < -0.4 is 0 Å². The van der Waals surface area contributed by atoms with Crippen LogP contribution in [0.25, 0.3) is 0 Å². The van der Waals surface area contributed by atoms with Gasteiger partial charge in [-0.3, -0.25) is 4.79 Å². The van der Waals surface area contributed by atoms with Crippen molar-refractivity contribution in [3.63, 3.8) is 0 Å². The maximum atomic E-state index is 10.6. The lowest BCUT2D eigenvalue weighted by Gasteiger charge is -2.15. The standard InChI is InChI=1S/C7H12OS/c1-6(8)4-7(2,3)5-9/h5H,4H2,1-3H3. The molecule has 0 unspecified atom stereocenters. The lowest BCUT2D eigenvalue weighted by Crippen LogP contribution is -2.15. The van der Waals surface area contributed by atoms with E-state index in [0.29, 0.717) is 6.42 Å². The average molecular weight is 144 g/mol. The van der Waals surface area contributed by atoms with E-state index in [1.54, 1.807) is 12.3 Å². The highest BCUT2D eigenvalue weighted by molar-refractivity contribution is 7.79. The normalized spacial score (nSPS) is 11.0. The predicted octanol–water partition coefficient (Wildman–Crippen LogP) is 1.99. The number of rotatable bonds is 3. The van der Waals surface area contributed by atoms with E-state index in [1.165, 1.54) is 0 Å². The molecule has 2 heteroatoms. The molecule has 0 fully saturated rings. The van der Waals surface area contributed by atoms with E-state index in [2.05, 4.69) is 0 Å². The van der Waals surface area contributed by atoms with Gasteiger partial charge in [-0.2, -0.15) is 0 Å². The highest BCUT2D eigenvalue weighted by atomic mass is 32.1. The molecule has 0 atom stereocenters. The molecule has 0 aliphatic rings. The maximum absolute atomic E-state index is 10.6.